The highest BCUT2D eigenvalue weighted by Crippen LogP contribution is 2.34. The number of piperidine rings is 1. The van der Waals surface area contributed by atoms with Crippen LogP contribution in [0.1, 0.15) is 37.0 Å². The summed E-state index contributed by atoms with van der Waals surface area (Å²) in [4.78, 5) is 24.8. The van der Waals surface area contributed by atoms with Gasteiger partial charge in [-0.15, -0.1) is 0 Å². The average molecular weight is 358 g/mol. The zero-order chi connectivity index (χ0) is 18.6. The highest BCUT2D eigenvalue weighted by atomic mass is 19.4. The lowest BCUT2D eigenvalue weighted by Crippen LogP contribution is -2.58. The number of carbonyl (C=O) groups excluding carboxylic acids is 2. The molecule has 2 atom stereocenters. The predicted molar refractivity (Wildman–Crippen MR) is 85.3 cm³/mol. The number of ether oxygens (including phenoxy) is 1. The van der Waals surface area contributed by atoms with E-state index in [0.717, 1.165) is 4.90 Å². The zero-order valence-corrected chi connectivity index (χ0v) is 14.1. The molecule has 1 heterocycles. The molecule has 0 bridgehead atoms. The lowest BCUT2D eigenvalue weighted by atomic mass is 9.96. The van der Waals surface area contributed by atoms with Crippen LogP contribution in [0.4, 0.5) is 13.2 Å². The summed E-state index contributed by atoms with van der Waals surface area (Å²) in [6, 6.07) is 3.85. The number of nitrogens with one attached hydrogen (secondary N) is 1. The highest BCUT2D eigenvalue weighted by Gasteiger charge is 2.48. The van der Waals surface area contributed by atoms with Gasteiger partial charge in [-0.25, -0.2) is 0 Å². The molecule has 8 heteroatoms. The number of rotatable bonds is 4. The summed E-state index contributed by atoms with van der Waals surface area (Å²) in [7, 11) is 0. The molecule has 25 heavy (non-hydrogen) atoms. The van der Waals surface area contributed by atoms with Crippen LogP contribution in [0.5, 0.6) is 5.75 Å². The number of hydrogen-bond acceptors (Lipinski definition) is 3. The van der Waals surface area contributed by atoms with Crippen LogP contribution in [-0.2, 0) is 4.79 Å². The summed E-state index contributed by atoms with van der Waals surface area (Å²) >= 11 is 0. The maximum atomic E-state index is 13.4. The Bertz CT molecular complexity index is 634. The van der Waals surface area contributed by atoms with Crippen LogP contribution >= 0.6 is 0 Å². The molecule has 1 N–H and O–H groups in total. The summed E-state index contributed by atoms with van der Waals surface area (Å²) in [6.45, 7) is 3.13. The van der Waals surface area contributed by atoms with Crippen molar-refractivity contribution in [1.29, 1.82) is 0 Å². The fourth-order valence-corrected chi connectivity index (χ4v) is 3.02. The van der Waals surface area contributed by atoms with E-state index in [1.54, 1.807) is 25.1 Å². The number of alkyl halides is 3. The number of benzene rings is 1. The Morgan fingerprint density at radius 3 is 2.56 bits per heavy atom. The van der Waals surface area contributed by atoms with E-state index >= 15 is 0 Å². The van der Waals surface area contributed by atoms with Gasteiger partial charge in [0.2, 0.25) is 5.91 Å². The SMILES string of the molecule is CCOc1ccccc1C(=O)N1CC(NC(C)=O)CCC1C(F)(F)F. The molecule has 0 aromatic heterocycles. The number of para-hydroxylation sites is 1. The lowest BCUT2D eigenvalue weighted by Gasteiger charge is -2.40. The first-order chi connectivity index (χ1) is 11.7. The maximum absolute atomic E-state index is 13.4. The van der Waals surface area contributed by atoms with E-state index in [1.807, 2.05) is 0 Å². The van der Waals surface area contributed by atoms with Gasteiger partial charge in [-0.05, 0) is 31.9 Å². The first-order valence-corrected chi connectivity index (χ1v) is 8.10. The number of amides is 2. The van der Waals surface area contributed by atoms with Crippen molar-refractivity contribution >= 4 is 11.8 Å². The van der Waals surface area contributed by atoms with Gasteiger partial charge in [0.15, 0.2) is 0 Å². The minimum Gasteiger partial charge on any atom is -0.493 e. The second kappa shape index (κ2) is 7.76. The molecule has 1 fully saturated rings. The first-order valence-electron chi connectivity index (χ1n) is 8.10. The van der Waals surface area contributed by atoms with Gasteiger partial charge in [-0.3, -0.25) is 9.59 Å². The molecule has 1 aromatic rings. The van der Waals surface area contributed by atoms with Gasteiger partial charge in [-0.2, -0.15) is 13.2 Å². The number of hydrogen-bond donors (Lipinski definition) is 1. The molecular formula is C17H21F3N2O3. The van der Waals surface area contributed by atoms with Crippen LogP contribution in [0, 0.1) is 0 Å². The van der Waals surface area contributed by atoms with E-state index in [-0.39, 0.29) is 36.6 Å². The van der Waals surface area contributed by atoms with Crippen molar-refractivity contribution < 1.29 is 27.5 Å². The number of carbonyl (C=O) groups is 2. The number of nitrogens with zero attached hydrogens (tertiary/aromatic N) is 1. The van der Waals surface area contributed by atoms with Crippen LogP contribution in [0.15, 0.2) is 24.3 Å². The van der Waals surface area contributed by atoms with Gasteiger partial charge in [0.05, 0.1) is 12.2 Å². The van der Waals surface area contributed by atoms with E-state index in [0.29, 0.717) is 6.61 Å². The third-order valence-electron chi connectivity index (χ3n) is 4.05. The Morgan fingerprint density at radius 2 is 1.96 bits per heavy atom. The molecule has 0 spiro atoms. The third kappa shape index (κ3) is 4.64. The maximum Gasteiger partial charge on any atom is 0.408 e. The molecule has 0 saturated carbocycles. The van der Waals surface area contributed by atoms with E-state index in [2.05, 4.69) is 5.32 Å². The first kappa shape index (κ1) is 19.1. The molecule has 5 nitrogen and oxygen atoms in total. The Morgan fingerprint density at radius 1 is 1.28 bits per heavy atom. The molecule has 1 saturated heterocycles. The monoisotopic (exact) mass is 358 g/mol. The topological polar surface area (TPSA) is 58.6 Å². The van der Waals surface area contributed by atoms with Crippen LogP contribution in [0.25, 0.3) is 0 Å². The highest BCUT2D eigenvalue weighted by molar-refractivity contribution is 5.97. The largest absolute Gasteiger partial charge is 0.493 e. The van der Waals surface area contributed by atoms with Crippen LogP contribution in [0.3, 0.4) is 0 Å². The summed E-state index contributed by atoms with van der Waals surface area (Å²) in [5.41, 5.74) is 0.0853. The third-order valence-corrected chi connectivity index (χ3v) is 4.05. The van der Waals surface area contributed by atoms with Crippen LogP contribution < -0.4 is 10.1 Å². The molecule has 1 aliphatic heterocycles. The van der Waals surface area contributed by atoms with Gasteiger partial charge in [-0.1, -0.05) is 12.1 Å². The van der Waals surface area contributed by atoms with Gasteiger partial charge in [0.25, 0.3) is 5.91 Å². The van der Waals surface area contributed by atoms with Crippen molar-refractivity contribution in [3.63, 3.8) is 0 Å². The Labute approximate surface area is 144 Å². The zero-order valence-electron chi connectivity index (χ0n) is 14.1. The number of halogens is 3. The average Bonchev–Trinajstić information content (AvgIpc) is 2.53. The Hall–Kier alpha value is -2.25. The minimum atomic E-state index is -4.53. The van der Waals surface area contributed by atoms with Crippen molar-refractivity contribution in [2.24, 2.45) is 0 Å². The molecule has 0 aliphatic carbocycles. The Kier molecular flexibility index (Phi) is 5.92. The molecule has 138 valence electrons. The van der Waals surface area contributed by atoms with Gasteiger partial charge in [0, 0.05) is 19.5 Å². The van der Waals surface area contributed by atoms with Gasteiger partial charge in [0.1, 0.15) is 11.8 Å². The van der Waals surface area contributed by atoms with E-state index in [9.17, 15) is 22.8 Å². The lowest BCUT2D eigenvalue weighted by molar-refractivity contribution is -0.184. The van der Waals surface area contributed by atoms with Gasteiger partial charge >= 0.3 is 6.18 Å². The summed E-state index contributed by atoms with van der Waals surface area (Å²) in [6.07, 6.45) is -4.62. The smallest absolute Gasteiger partial charge is 0.408 e. The molecule has 2 rings (SSSR count). The standard InChI is InChI=1S/C17H21F3N2O3/c1-3-25-14-7-5-4-6-13(14)16(24)22-10-12(21-11(2)23)8-9-15(22)17(18,19)20/h4-7,12,15H,3,8-10H2,1-2H3,(H,21,23). The van der Waals surface area contributed by atoms with Crippen molar-refractivity contribution in [2.75, 3.05) is 13.2 Å². The minimum absolute atomic E-state index is 0.0853. The second-order valence-electron chi connectivity index (χ2n) is 5.92. The molecule has 1 aromatic carbocycles. The molecular weight excluding hydrogens is 337 g/mol. The fourth-order valence-electron chi connectivity index (χ4n) is 3.02. The van der Waals surface area contributed by atoms with Crippen molar-refractivity contribution in [3.8, 4) is 5.75 Å². The second-order valence-corrected chi connectivity index (χ2v) is 5.92. The fraction of sp³-hybridized carbons (Fsp3) is 0.529. The predicted octanol–water partition coefficient (Wildman–Crippen LogP) is 2.76. The van der Waals surface area contributed by atoms with Crippen molar-refractivity contribution in [3.05, 3.63) is 29.8 Å². The van der Waals surface area contributed by atoms with Crippen LogP contribution in [0.2, 0.25) is 0 Å². The van der Waals surface area contributed by atoms with E-state index in [4.69, 9.17) is 4.74 Å². The molecule has 2 unspecified atom stereocenters. The summed E-state index contributed by atoms with van der Waals surface area (Å²) < 4.78 is 45.5. The molecule has 0 radical (unpaired) electrons. The normalized spacial score (nSPS) is 20.9. The van der Waals surface area contributed by atoms with Gasteiger partial charge < -0.3 is 15.0 Å². The van der Waals surface area contributed by atoms with E-state index in [1.165, 1.54) is 13.0 Å². The Balaban J connectivity index is 2.32. The summed E-state index contributed by atoms with van der Waals surface area (Å²) in [5.74, 6) is -0.837. The van der Waals surface area contributed by atoms with Crippen molar-refractivity contribution in [1.82, 2.24) is 10.2 Å². The number of likely N-dealkylation sites (tertiary alicyclic amines) is 1. The van der Waals surface area contributed by atoms with Crippen LogP contribution in [-0.4, -0.2) is 48.1 Å². The van der Waals surface area contributed by atoms with E-state index < -0.39 is 24.2 Å². The van der Waals surface area contributed by atoms with Crippen molar-refractivity contribution in [2.45, 2.75) is 44.9 Å². The molecule has 1 aliphatic rings. The molecule has 2 amide bonds. The quantitative estimate of drug-likeness (QED) is 0.900. The summed E-state index contributed by atoms with van der Waals surface area (Å²) in [5, 5.41) is 2.60.